The molecule has 5 nitrogen and oxygen atoms in total. The molecule has 0 unspecified atom stereocenters. The van der Waals surface area contributed by atoms with E-state index in [0.717, 1.165) is 43.8 Å². The molecule has 0 radical (unpaired) electrons. The Balaban J connectivity index is 1.53. The van der Waals surface area contributed by atoms with Crippen molar-refractivity contribution in [2.75, 3.05) is 31.6 Å². The SMILES string of the molecule is COc1ccc(C(C)C)cc1-c1cc2c3c(c1)[C@H]1CN(C(=O)OC(C)(C)C)CC[C@H]1N3CC2. The molecule has 2 aromatic rings. The summed E-state index contributed by atoms with van der Waals surface area (Å²) >= 11 is 0. The summed E-state index contributed by atoms with van der Waals surface area (Å²) in [6.07, 6.45) is 1.88. The Morgan fingerprint density at radius 2 is 1.91 bits per heavy atom. The van der Waals surface area contributed by atoms with E-state index in [0.29, 0.717) is 17.9 Å². The molecule has 0 N–H and O–H groups in total. The van der Waals surface area contributed by atoms with Gasteiger partial charge in [0.1, 0.15) is 11.4 Å². The predicted molar refractivity (Wildman–Crippen MR) is 133 cm³/mol. The summed E-state index contributed by atoms with van der Waals surface area (Å²) < 4.78 is 11.5. The largest absolute Gasteiger partial charge is 0.496 e. The standard InChI is InChI=1S/C28H36N2O3/c1-17(2)18-7-8-25(32-6)21(14-18)20-13-19-9-12-30-24-10-11-29(27(31)33-28(3,4)5)16-23(24)22(15-20)26(19)30/h7-8,13-15,17,23-24H,9-12,16H2,1-6H3/t23-,24-/m1/s1. The quantitative estimate of drug-likeness (QED) is 0.581. The van der Waals surface area contributed by atoms with Crippen LogP contribution in [0.2, 0.25) is 0 Å². The second-order valence-corrected chi connectivity index (χ2v) is 11.0. The topological polar surface area (TPSA) is 42.0 Å². The van der Waals surface area contributed by atoms with E-state index < -0.39 is 5.60 Å². The van der Waals surface area contributed by atoms with Crippen molar-refractivity contribution in [2.24, 2.45) is 0 Å². The Morgan fingerprint density at radius 1 is 1.12 bits per heavy atom. The van der Waals surface area contributed by atoms with Crippen molar-refractivity contribution in [1.82, 2.24) is 4.90 Å². The molecule has 33 heavy (non-hydrogen) atoms. The third-order valence-electron chi connectivity index (χ3n) is 7.36. The summed E-state index contributed by atoms with van der Waals surface area (Å²) in [6, 6.07) is 11.7. The normalized spacial score (nSPS) is 21.3. The molecule has 176 valence electrons. The summed E-state index contributed by atoms with van der Waals surface area (Å²) in [5.74, 6) is 1.69. The molecule has 3 aliphatic rings. The minimum absolute atomic E-state index is 0.194. The number of amides is 1. The first kappa shape index (κ1) is 22.1. The van der Waals surface area contributed by atoms with Gasteiger partial charge in [-0.1, -0.05) is 19.9 Å². The molecule has 0 saturated carbocycles. The molecule has 0 spiro atoms. The molecule has 3 aliphatic heterocycles. The van der Waals surface area contributed by atoms with Crippen molar-refractivity contribution < 1.29 is 14.3 Å². The maximum absolute atomic E-state index is 12.8. The predicted octanol–water partition coefficient (Wildman–Crippen LogP) is 5.95. The number of carbonyl (C=O) groups is 1. The van der Waals surface area contributed by atoms with Crippen molar-refractivity contribution in [3.8, 4) is 16.9 Å². The van der Waals surface area contributed by atoms with Crippen LogP contribution in [0.25, 0.3) is 11.1 Å². The summed E-state index contributed by atoms with van der Waals surface area (Å²) in [6.45, 7) is 12.8. The maximum Gasteiger partial charge on any atom is 0.410 e. The maximum atomic E-state index is 12.8. The zero-order valence-corrected chi connectivity index (χ0v) is 20.8. The first-order chi connectivity index (χ1) is 15.7. The second-order valence-electron chi connectivity index (χ2n) is 11.0. The Labute approximate surface area is 197 Å². The van der Waals surface area contributed by atoms with Crippen LogP contribution in [-0.2, 0) is 11.2 Å². The lowest BCUT2D eigenvalue weighted by Gasteiger charge is -2.38. The molecule has 1 fully saturated rings. The van der Waals surface area contributed by atoms with Crippen LogP contribution in [0.3, 0.4) is 0 Å². The van der Waals surface area contributed by atoms with Gasteiger partial charge in [0.2, 0.25) is 0 Å². The highest BCUT2D eigenvalue weighted by atomic mass is 16.6. The number of benzene rings is 2. The Kier molecular flexibility index (Phi) is 5.34. The van der Waals surface area contributed by atoms with Gasteiger partial charge in [-0.25, -0.2) is 4.79 Å². The number of carbonyl (C=O) groups excluding carboxylic acids is 1. The van der Waals surface area contributed by atoms with Gasteiger partial charge in [0.25, 0.3) is 0 Å². The van der Waals surface area contributed by atoms with Crippen LogP contribution in [0.15, 0.2) is 30.3 Å². The molecule has 1 amide bonds. The van der Waals surface area contributed by atoms with Gasteiger partial charge in [0.05, 0.1) is 7.11 Å². The van der Waals surface area contributed by atoms with Gasteiger partial charge in [-0.15, -0.1) is 0 Å². The van der Waals surface area contributed by atoms with Crippen LogP contribution in [-0.4, -0.2) is 49.4 Å². The van der Waals surface area contributed by atoms with Crippen LogP contribution in [0.5, 0.6) is 5.75 Å². The van der Waals surface area contributed by atoms with Crippen LogP contribution < -0.4 is 9.64 Å². The average Bonchev–Trinajstić information content (AvgIpc) is 3.33. The summed E-state index contributed by atoms with van der Waals surface area (Å²) in [4.78, 5) is 17.3. The number of nitrogens with zero attached hydrogens (tertiary/aromatic N) is 2. The Bertz CT molecular complexity index is 1090. The fraction of sp³-hybridized carbons (Fsp3) is 0.536. The monoisotopic (exact) mass is 448 g/mol. The smallest absolute Gasteiger partial charge is 0.410 e. The first-order valence-corrected chi connectivity index (χ1v) is 12.3. The van der Waals surface area contributed by atoms with Gasteiger partial charge < -0.3 is 19.3 Å². The van der Waals surface area contributed by atoms with Gasteiger partial charge in [-0.2, -0.15) is 0 Å². The lowest BCUT2D eigenvalue weighted by Crippen LogP contribution is -2.49. The number of methoxy groups -OCH3 is 1. The van der Waals surface area contributed by atoms with E-state index in [-0.39, 0.29) is 6.09 Å². The number of fused-ring (bicyclic) bond motifs is 3. The van der Waals surface area contributed by atoms with Crippen LogP contribution in [0.4, 0.5) is 10.5 Å². The van der Waals surface area contributed by atoms with E-state index in [1.54, 1.807) is 7.11 Å². The van der Waals surface area contributed by atoms with Crippen molar-refractivity contribution in [1.29, 1.82) is 0 Å². The number of likely N-dealkylation sites (tertiary alicyclic amines) is 1. The molecule has 2 aromatic carbocycles. The fourth-order valence-electron chi connectivity index (χ4n) is 5.80. The van der Waals surface area contributed by atoms with Crippen LogP contribution in [0, 0.1) is 0 Å². The number of ether oxygens (including phenoxy) is 2. The molecule has 1 saturated heterocycles. The number of piperidine rings is 1. The van der Waals surface area contributed by atoms with Gasteiger partial charge in [0.15, 0.2) is 0 Å². The van der Waals surface area contributed by atoms with E-state index in [1.807, 2.05) is 25.7 Å². The van der Waals surface area contributed by atoms with E-state index in [2.05, 4.69) is 49.1 Å². The molecule has 2 atom stereocenters. The van der Waals surface area contributed by atoms with E-state index >= 15 is 0 Å². The fourth-order valence-corrected chi connectivity index (χ4v) is 5.80. The second kappa shape index (κ2) is 7.96. The number of hydrogen-bond acceptors (Lipinski definition) is 4. The van der Waals surface area contributed by atoms with Crippen LogP contribution >= 0.6 is 0 Å². The van der Waals surface area contributed by atoms with Crippen molar-refractivity contribution in [2.45, 2.75) is 70.9 Å². The zero-order chi connectivity index (χ0) is 23.5. The van der Waals surface area contributed by atoms with Gasteiger partial charge in [-0.3, -0.25) is 0 Å². The average molecular weight is 449 g/mol. The van der Waals surface area contributed by atoms with Crippen molar-refractivity contribution in [3.63, 3.8) is 0 Å². The van der Waals surface area contributed by atoms with E-state index in [1.165, 1.54) is 27.9 Å². The van der Waals surface area contributed by atoms with Gasteiger partial charge in [0, 0.05) is 42.8 Å². The molecule has 3 heterocycles. The Morgan fingerprint density at radius 3 is 2.61 bits per heavy atom. The number of rotatable bonds is 3. The third-order valence-corrected chi connectivity index (χ3v) is 7.36. The highest BCUT2D eigenvalue weighted by Gasteiger charge is 2.46. The van der Waals surface area contributed by atoms with E-state index in [9.17, 15) is 4.79 Å². The van der Waals surface area contributed by atoms with E-state index in [4.69, 9.17) is 9.47 Å². The zero-order valence-electron chi connectivity index (χ0n) is 20.8. The minimum atomic E-state index is -0.475. The molecular weight excluding hydrogens is 412 g/mol. The van der Waals surface area contributed by atoms with Gasteiger partial charge in [-0.05, 0) is 86.1 Å². The Hall–Kier alpha value is -2.69. The lowest BCUT2D eigenvalue weighted by atomic mass is 9.85. The lowest BCUT2D eigenvalue weighted by molar-refractivity contribution is 0.0189. The summed E-state index contributed by atoms with van der Waals surface area (Å²) in [5, 5.41) is 0. The first-order valence-electron chi connectivity index (χ1n) is 12.3. The summed E-state index contributed by atoms with van der Waals surface area (Å²) in [7, 11) is 1.75. The molecule has 5 rings (SSSR count). The molecule has 0 aliphatic carbocycles. The molecule has 0 bridgehead atoms. The van der Waals surface area contributed by atoms with Crippen molar-refractivity contribution >= 4 is 11.8 Å². The highest BCUT2D eigenvalue weighted by molar-refractivity contribution is 5.80. The number of anilines is 1. The summed E-state index contributed by atoms with van der Waals surface area (Å²) in [5.41, 5.74) is 7.45. The molecular formula is C28H36N2O3. The molecule has 5 heteroatoms. The number of hydrogen-bond donors (Lipinski definition) is 0. The highest BCUT2D eigenvalue weighted by Crippen LogP contribution is 2.51. The third kappa shape index (κ3) is 3.85. The molecule has 0 aromatic heterocycles. The van der Waals surface area contributed by atoms with Crippen LogP contribution in [0.1, 0.15) is 69.6 Å². The van der Waals surface area contributed by atoms with Gasteiger partial charge >= 0.3 is 6.09 Å². The van der Waals surface area contributed by atoms with Crippen molar-refractivity contribution in [3.05, 3.63) is 47.0 Å². The minimum Gasteiger partial charge on any atom is -0.496 e.